The summed E-state index contributed by atoms with van der Waals surface area (Å²) < 4.78 is 0. The Morgan fingerprint density at radius 1 is 1.29 bits per heavy atom. The van der Waals surface area contributed by atoms with E-state index >= 15 is 0 Å². The van der Waals surface area contributed by atoms with Crippen molar-refractivity contribution >= 4 is 22.3 Å². The summed E-state index contributed by atoms with van der Waals surface area (Å²) in [4.78, 5) is 21.5. The Kier molecular flexibility index (Phi) is 4.60. The summed E-state index contributed by atoms with van der Waals surface area (Å²) in [7, 11) is 0. The first-order valence-corrected chi connectivity index (χ1v) is 8.91. The number of carbonyl (C=O) groups excluding carboxylic acids is 1. The third-order valence-corrected chi connectivity index (χ3v) is 5.77. The number of hydrogen-bond donors (Lipinski definition) is 0. The number of Topliss-reactive ketones (excluding diaryl/α,β-unsaturated/α-hetero) is 1. The average Bonchev–Trinajstić information content (AvgIpc) is 2.97. The first-order valence-electron chi connectivity index (χ1n) is 8.03. The highest BCUT2D eigenvalue weighted by Crippen LogP contribution is 2.31. The maximum atomic E-state index is 12.3. The van der Waals surface area contributed by atoms with E-state index in [1.807, 2.05) is 11.6 Å². The van der Waals surface area contributed by atoms with Gasteiger partial charge in [0.1, 0.15) is 5.78 Å². The molecular weight excluding hydrogens is 282 g/mol. The molecular formula is C16H25N3OS. The van der Waals surface area contributed by atoms with Crippen molar-refractivity contribution in [3.63, 3.8) is 0 Å². The fourth-order valence-electron chi connectivity index (χ4n) is 3.75. The van der Waals surface area contributed by atoms with Gasteiger partial charge in [-0.1, -0.05) is 13.8 Å². The van der Waals surface area contributed by atoms with Gasteiger partial charge in [0.25, 0.3) is 0 Å². The normalized spacial score (nSPS) is 31.6. The molecule has 1 aromatic heterocycles. The lowest BCUT2D eigenvalue weighted by Crippen LogP contribution is -2.50. The second-order valence-corrected chi connectivity index (χ2v) is 7.57. The van der Waals surface area contributed by atoms with Crippen LogP contribution in [0.1, 0.15) is 26.7 Å². The highest BCUT2D eigenvalue weighted by Gasteiger charge is 2.34. The van der Waals surface area contributed by atoms with Gasteiger partial charge in [0.15, 0.2) is 5.13 Å². The molecule has 5 heteroatoms. The third-order valence-electron chi connectivity index (χ3n) is 4.94. The first kappa shape index (κ1) is 15.0. The van der Waals surface area contributed by atoms with Crippen molar-refractivity contribution in [2.75, 3.05) is 37.6 Å². The zero-order valence-electron chi connectivity index (χ0n) is 13.0. The minimum Gasteiger partial charge on any atom is -0.346 e. The molecule has 0 bridgehead atoms. The van der Waals surface area contributed by atoms with Crippen LogP contribution in [0.2, 0.25) is 0 Å². The Labute approximate surface area is 131 Å². The second-order valence-electron chi connectivity index (χ2n) is 6.70. The maximum absolute atomic E-state index is 12.3. The predicted octanol–water partition coefficient (Wildman–Crippen LogP) is 2.52. The van der Waals surface area contributed by atoms with E-state index in [0.29, 0.717) is 17.6 Å². The van der Waals surface area contributed by atoms with Gasteiger partial charge in [-0.15, -0.1) is 11.3 Å². The quantitative estimate of drug-likeness (QED) is 0.860. The van der Waals surface area contributed by atoms with Crippen LogP contribution >= 0.6 is 11.3 Å². The molecule has 2 fully saturated rings. The number of anilines is 1. The third kappa shape index (κ3) is 3.46. The molecule has 2 heterocycles. The zero-order valence-corrected chi connectivity index (χ0v) is 13.8. The first-order chi connectivity index (χ1) is 10.1. The number of thiazole rings is 1. The average molecular weight is 307 g/mol. The Morgan fingerprint density at radius 2 is 2.05 bits per heavy atom. The van der Waals surface area contributed by atoms with Crippen LogP contribution in [-0.2, 0) is 4.79 Å². The number of rotatable bonds is 3. The predicted molar refractivity (Wildman–Crippen MR) is 86.8 cm³/mol. The number of piperazine rings is 1. The van der Waals surface area contributed by atoms with Gasteiger partial charge in [0.05, 0.1) is 0 Å². The van der Waals surface area contributed by atoms with Gasteiger partial charge in [0, 0.05) is 56.6 Å². The Balaban J connectivity index is 1.52. The van der Waals surface area contributed by atoms with Crippen molar-refractivity contribution in [2.24, 2.45) is 17.8 Å². The molecule has 1 aliphatic heterocycles. The minimum atomic E-state index is 0.257. The highest BCUT2D eigenvalue weighted by molar-refractivity contribution is 7.13. The van der Waals surface area contributed by atoms with Crippen molar-refractivity contribution in [3.05, 3.63) is 11.6 Å². The summed E-state index contributed by atoms with van der Waals surface area (Å²) in [6, 6.07) is 0. The number of hydrogen-bond acceptors (Lipinski definition) is 5. The van der Waals surface area contributed by atoms with E-state index in [0.717, 1.165) is 44.3 Å². The number of aromatic nitrogens is 1. The summed E-state index contributed by atoms with van der Waals surface area (Å²) in [5.41, 5.74) is 0. The van der Waals surface area contributed by atoms with Gasteiger partial charge in [-0.05, 0) is 18.3 Å². The molecule has 0 radical (unpaired) electrons. The molecule has 4 nitrogen and oxygen atoms in total. The minimum absolute atomic E-state index is 0.257. The van der Waals surface area contributed by atoms with E-state index in [1.54, 1.807) is 11.3 Å². The number of nitrogens with zero attached hydrogens (tertiary/aromatic N) is 3. The van der Waals surface area contributed by atoms with Crippen molar-refractivity contribution in [2.45, 2.75) is 26.7 Å². The Hall–Kier alpha value is -0.940. The van der Waals surface area contributed by atoms with Crippen LogP contribution in [0, 0.1) is 17.8 Å². The summed E-state index contributed by atoms with van der Waals surface area (Å²) in [6.07, 6.45) is 3.86. The fraction of sp³-hybridized carbons (Fsp3) is 0.750. The summed E-state index contributed by atoms with van der Waals surface area (Å²) in [5.74, 6) is 1.86. The zero-order chi connectivity index (χ0) is 14.8. The fourth-order valence-corrected chi connectivity index (χ4v) is 4.44. The van der Waals surface area contributed by atoms with Crippen molar-refractivity contribution in [3.8, 4) is 0 Å². The molecule has 0 amide bonds. The monoisotopic (exact) mass is 307 g/mol. The number of ketones is 1. The van der Waals surface area contributed by atoms with Gasteiger partial charge in [-0.25, -0.2) is 4.98 Å². The molecule has 1 saturated heterocycles. The summed E-state index contributed by atoms with van der Waals surface area (Å²) >= 11 is 1.71. The van der Waals surface area contributed by atoms with Crippen LogP contribution in [0.4, 0.5) is 5.13 Å². The molecule has 1 aromatic rings. The summed E-state index contributed by atoms with van der Waals surface area (Å²) in [6.45, 7) is 9.57. The molecule has 1 aliphatic carbocycles. The maximum Gasteiger partial charge on any atom is 0.185 e. The van der Waals surface area contributed by atoms with E-state index in [1.165, 1.54) is 6.42 Å². The van der Waals surface area contributed by atoms with E-state index in [4.69, 9.17) is 0 Å². The lowest BCUT2D eigenvalue weighted by Gasteiger charge is -2.39. The van der Waals surface area contributed by atoms with Crippen molar-refractivity contribution < 1.29 is 4.79 Å². The second kappa shape index (κ2) is 6.44. The van der Waals surface area contributed by atoms with E-state index < -0.39 is 0 Å². The van der Waals surface area contributed by atoms with Crippen LogP contribution in [0.3, 0.4) is 0 Å². The van der Waals surface area contributed by atoms with Crippen molar-refractivity contribution in [1.29, 1.82) is 0 Å². The SMILES string of the molecule is CC1CC(=O)C(CN2CCN(c3nccs3)CC2)C(C)C1. The lowest BCUT2D eigenvalue weighted by atomic mass is 9.74. The lowest BCUT2D eigenvalue weighted by molar-refractivity contribution is -0.128. The molecule has 21 heavy (non-hydrogen) atoms. The molecule has 3 unspecified atom stereocenters. The van der Waals surface area contributed by atoms with Gasteiger partial charge in [0.2, 0.25) is 0 Å². The summed E-state index contributed by atoms with van der Waals surface area (Å²) in [5, 5.41) is 3.16. The van der Waals surface area contributed by atoms with Crippen LogP contribution in [-0.4, -0.2) is 48.4 Å². The Morgan fingerprint density at radius 3 is 2.67 bits per heavy atom. The van der Waals surface area contributed by atoms with Gasteiger partial charge in [-0.2, -0.15) is 0 Å². The van der Waals surface area contributed by atoms with Gasteiger partial charge >= 0.3 is 0 Å². The Bertz CT molecular complexity index is 468. The standard InChI is InChI=1S/C16H25N3OS/c1-12-9-13(2)14(15(20)10-12)11-18-4-6-19(7-5-18)16-17-3-8-21-16/h3,8,12-14H,4-7,9-11H2,1-2H3. The largest absolute Gasteiger partial charge is 0.346 e. The highest BCUT2D eigenvalue weighted by atomic mass is 32.1. The van der Waals surface area contributed by atoms with Crippen LogP contribution in [0.25, 0.3) is 0 Å². The topological polar surface area (TPSA) is 36.4 Å². The van der Waals surface area contributed by atoms with Crippen LogP contribution in [0.15, 0.2) is 11.6 Å². The molecule has 2 aliphatic rings. The molecule has 1 saturated carbocycles. The van der Waals surface area contributed by atoms with E-state index in [9.17, 15) is 4.79 Å². The van der Waals surface area contributed by atoms with Gasteiger partial charge in [-0.3, -0.25) is 9.69 Å². The molecule has 0 N–H and O–H groups in total. The molecule has 3 rings (SSSR count). The molecule has 3 atom stereocenters. The van der Waals surface area contributed by atoms with E-state index in [-0.39, 0.29) is 5.92 Å². The van der Waals surface area contributed by atoms with E-state index in [2.05, 4.69) is 28.6 Å². The van der Waals surface area contributed by atoms with Gasteiger partial charge < -0.3 is 4.90 Å². The molecule has 0 aromatic carbocycles. The van der Waals surface area contributed by atoms with Crippen LogP contribution < -0.4 is 4.90 Å². The number of carbonyl (C=O) groups is 1. The van der Waals surface area contributed by atoms with Crippen LogP contribution in [0.5, 0.6) is 0 Å². The molecule has 0 spiro atoms. The molecule has 116 valence electrons. The van der Waals surface area contributed by atoms with Crippen molar-refractivity contribution in [1.82, 2.24) is 9.88 Å². The smallest absolute Gasteiger partial charge is 0.185 e.